The second kappa shape index (κ2) is 6.84. The number of benzene rings is 1. The van der Waals surface area contributed by atoms with Crippen LogP contribution < -0.4 is 4.74 Å². The van der Waals surface area contributed by atoms with Crippen molar-refractivity contribution in [2.24, 2.45) is 0 Å². The van der Waals surface area contributed by atoms with E-state index in [2.05, 4.69) is 11.9 Å². The van der Waals surface area contributed by atoms with Crippen LogP contribution in [-0.4, -0.2) is 22.4 Å². The lowest BCUT2D eigenvalue weighted by Crippen LogP contribution is -1.95. The maximum atomic E-state index is 11.9. The van der Waals surface area contributed by atoms with E-state index in [-0.39, 0.29) is 5.78 Å². The van der Waals surface area contributed by atoms with Gasteiger partial charge in [0.2, 0.25) is 0 Å². The van der Waals surface area contributed by atoms with Gasteiger partial charge in [0.25, 0.3) is 0 Å². The number of ether oxygens (including phenoxy) is 1. The molecule has 2 heterocycles. The molecule has 0 spiro atoms. The van der Waals surface area contributed by atoms with Crippen LogP contribution in [0.2, 0.25) is 0 Å². The first-order valence-electron chi connectivity index (χ1n) is 8.33. The molecule has 0 amide bonds. The molecule has 3 rings (SSSR count). The van der Waals surface area contributed by atoms with Gasteiger partial charge in [-0.25, -0.2) is 4.98 Å². The smallest absolute Gasteiger partial charge is 0.161 e. The summed E-state index contributed by atoms with van der Waals surface area (Å²) in [6, 6.07) is 7.99. The van der Waals surface area contributed by atoms with Gasteiger partial charge in [0.15, 0.2) is 5.78 Å². The Morgan fingerprint density at radius 2 is 1.88 bits per heavy atom. The molecule has 0 saturated carbocycles. The lowest BCUT2D eigenvalue weighted by molar-refractivity contribution is 0.101. The summed E-state index contributed by atoms with van der Waals surface area (Å²) in [5.74, 6) is 0.943. The predicted octanol–water partition coefficient (Wildman–Crippen LogP) is 5.33. The van der Waals surface area contributed by atoms with Gasteiger partial charge in [0.1, 0.15) is 16.5 Å². The van der Waals surface area contributed by atoms with E-state index in [9.17, 15) is 4.79 Å². The number of hydrogen-bond donors (Lipinski definition) is 1. The number of rotatable bonds is 5. The standard InChI is InChI=1S/C20H22N2O2S/c1-6-24-16-9-7-15(8-10-16)20-22-19(14(5)25-20)18-11(2)17(13(4)23)12(3)21-18/h7-10,21H,6H2,1-5H3. The number of carbonyl (C=O) groups is 1. The van der Waals surface area contributed by atoms with E-state index in [1.165, 1.54) is 0 Å². The Bertz CT molecular complexity index is 920. The first-order chi connectivity index (χ1) is 11.9. The molecule has 0 aliphatic carbocycles. The summed E-state index contributed by atoms with van der Waals surface area (Å²) in [6.07, 6.45) is 0. The van der Waals surface area contributed by atoms with E-state index < -0.39 is 0 Å². The number of aromatic amines is 1. The normalized spacial score (nSPS) is 10.9. The number of H-pyrrole nitrogens is 1. The molecule has 130 valence electrons. The zero-order chi connectivity index (χ0) is 18.1. The fourth-order valence-corrected chi connectivity index (χ4v) is 4.05. The molecule has 2 aromatic heterocycles. The third-order valence-electron chi connectivity index (χ3n) is 4.24. The van der Waals surface area contributed by atoms with E-state index in [1.807, 2.05) is 45.0 Å². The third-order valence-corrected chi connectivity index (χ3v) is 5.26. The molecule has 0 aliphatic rings. The molecule has 0 atom stereocenters. The van der Waals surface area contributed by atoms with Gasteiger partial charge in [-0.05, 0) is 64.4 Å². The predicted molar refractivity (Wildman–Crippen MR) is 103 cm³/mol. The minimum atomic E-state index is 0.0807. The number of Topliss-reactive ketones (excluding diaryl/α,β-unsaturated/α-hetero) is 1. The van der Waals surface area contributed by atoms with Crippen LogP contribution in [0.1, 0.15) is 40.3 Å². The summed E-state index contributed by atoms with van der Waals surface area (Å²) in [5, 5.41) is 0.964. The second-order valence-electron chi connectivity index (χ2n) is 6.06. The Kier molecular flexibility index (Phi) is 4.77. The van der Waals surface area contributed by atoms with Crippen LogP contribution >= 0.6 is 11.3 Å². The van der Waals surface area contributed by atoms with Gasteiger partial charge in [0, 0.05) is 21.7 Å². The number of nitrogens with zero attached hydrogens (tertiary/aromatic N) is 1. The minimum absolute atomic E-state index is 0.0807. The van der Waals surface area contributed by atoms with E-state index in [0.717, 1.165) is 49.4 Å². The number of aryl methyl sites for hydroxylation is 2. The van der Waals surface area contributed by atoms with Crippen molar-refractivity contribution in [3.05, 3.63) is 46.0 Å². The third kappa shape index (κ3) is 3.24. The average Bonchev–Trinajstić information content (AvgIpc) is 3.08. The van der Waals surface area contributed by atoms with Crippen LogP contribution in [-0.2, 0) is 0 Å². The van der Waals surface area contributed by atoms with Crippen molar-refractivity contribution in [1.82, 2.24) is 9.97 Å². The monoisotopic (exact) mass is 354 g/mol. The molecule has 0 saturated heterocycles. The molecule has 1 aromatic carbocycles. The quantitative estimate of drug-likeness (QED) is 0.630. The number of nitrogens with one attached hydrogen (secondary N) is 1. The molecule has 1 N–H and O–H groups in total. The molecule has 3 aromatic rings. The van der Waals surface area contributed by atoms with E-state index >= 15 is 0 Å². The topological polar surface area (TPSA) is 55.0 Å². The van der Waals surface area contributed by atoms with Crippen molar-refractivity contribution < 1.29 is 9.53 Å². The van der Waals surface area contributed by atoms with E-state index in [0.29, 0.717) is 6.61 Å². The number of hydrogen-bond acceptors (Lipinski definition) is 4. The summed E-state index contributed by atoms with van der Waals surface area (Å²) in [6.45, 7) is 10.2. The molecule has 0 aliphatic heterocycles. The van der Waals surface area contributed by atoms with Gasteiger partial charge in [-0.2, -0.15) is 0 Å². The fraction of sp³-hybridized carbons (Fsp3) is 0.300. The first kappa shape index (κ1) is 17.4. The SMILES string of the molecule is CCOc1ccc(-c2nc(-c3[nH]c(C)c(C(C)=O)c3C)c(C)s2)cc1. The molecule has 0 fully saturated rings. The Balaban J connectivity index is 2.01. The number of thiazole rings is 1. The van der Waals surface area contributed by atoms with Crippen LogP contribution in [0, 0.1) is 20.8 Å². The molecule has 5 heteroatoms. The molecular formula is C20H22N2O2S. The number of ketones is 1. The summed E-state index contributed by atoms with van der Waals surface area (Å²) in [7, 11) is 0. The van der Waals surface area contributed by atoms with Gasteiger partial charge in [-0.1, -0.05) is 0 Å². The van der Waals surface area contributed by atoms with E-state index in [1.54, 1.807) is 18.3 Å². The zero-order valence-electron chi connectivity index (χ0n) is 15.2. The lowest BCUT2D eigenvalue weighted by Gasteiger charge is -2.03. The van der Waals surface area contributed by atoms with Crippen molar-refractivity contribution >= 4 is 17.1 Å². The number of carbonyl (C=O) groups excluding carboxylic acids is 1. The highest BCUT2D eigenvalue weighted by atomic mass is 32.1. The van der Waals surface area contributed by atoms with Crippen molar-refractivity contribution in [2.45, 2.75) is 34.6 Å². The molecule has 4 nitrogen and oxygen atoms in total. The Labute approximate surface area is 151 Å². The summed E-state index contributed by atoms with van der Waals surface area (Å²) in [5.41, 5.74) is 5.56. The van der Waals surface area contributed by atoms with Crippen molar-refractivity contribution in [3.63, 3.8) is 0 Å². The molecular weight excluding hydrogens is 332 g/mol. The Morgan fingerprint density at radius 3 is 2.44 bits per heavy atom. The number of aromatic nitrogens is 2. The summed E-state index contributed by atoms with van der Waals surface area (Å²) in [4.78, 5) is 21.2. The fourth-order valence-electron chi connectivity index (χ4n) is 3.13. The maximum Gasteiger partial charge on any atom is 0.161 e. The van der Waals surface area contributed by atoms with Crippen LogP contribution in [0.25, 0.3) is 22.0 Å². The van der Waals surface area contributed by atoms with Crippen LogP contribution in [0.5, 0.6) is 5.75 Å². The molecule has 0 bridgehead atoms. The van der Waals surface area contributed by atoms with Crippen LogP contribution in [0.3, 0.4) is 0 Å². The largest absolute Gasteiger partial charge is 0.494 e. The highest BCUT2D eigenvalue weighted by molar-refractivity contribution is 7.15. The highest BCUT2D eigenvalue weighted by Crippen LogP contribution is 2.36. The maximum absolute atomic E-state index is 11.9. The highest BCUT2D eigenvalue weighted by Gasteiger charge is 2.20. The van der Waals surface area contributed by atoms with Crippen LogP contribution in [0.4, 0.5) is 0 Å². The second-order valence-corrected chi connectivity index (χ2v) is 7.27. The molecule has 0 radical (unpaired) electrons. The van der Waals surface area contributed by atoms with Crippen LogP contribution in [0.15, 0.2) is 24.3 Å². The van der Waals surface area contributed by atoms with Gasteiger partial charge >= 0.3 is 0 Å². The summed E-state index contributed by atoms with van der Waals surface area (Å²) < 4.78 is 5.50. The van der Waals surface area contributed by atoms with Crippen molar-refractivity contribution in [3.8, 4) is 27.7 Å². The van der Waals surface area contributed by atoms with Gasteiger partial charge in [-0.15, -0.1) is 11.3 Å². The minimum Gasteiger partial charge on any atom is -0.494 e. The molecule has 25 heavy (non-hydrogen) atoms. The van der Waals surface area contributed by atoms with Gasteiger partial charge in [-0.3, -0.25) is 4.79 Å². The van der Waals surface area contributed by atoms with Gasteiger partial charge in [0.05, 0.1) is 12.3 Å². The Hall–Kier alpha value is -2.40. The Morgan fingerprint density at radius 1 is 1.20 bits per heavy atom. The summed E-state index contributed by atoms with van der Waals surface area (Å²) >= 11 is 1.66. The van der Waals surface area contributed by atoms with E-state index in [4.69, 9.17) is 9.72 Å². The van der Waals surface area contributed by atoms with Gasteiger partial charge < -0.3 is 9.72 Å². The van der Waals surface area contributed by atoms with Crippen molar-refractivity contribution in [2.75, 3.05) is 6.61 Å². The lowest BCUT2D eigenvalue weighted by atomic mass is 10.1. The van der Waals surface area contributed by atoms with Crippen molar-refractivity contribution in [1.29, 1.82) is 0 Å². The first-order valence-corrected chi connectivity index (χ1v) is 9.15. The zero-order valence-corrected chi connectivity index (χ0v) is 16.0. The molecule has 0 unspecified atom stereocenters. The average molecular weight is 354 g/mol.